The third kappa shape index (κ3) is 5.47. The number of carbonyl (C=O) groups excluding carboxylic acids is 1. The quantitative estimate of drug-likeness (QED) is 0.176. The molecule has 5 nitrogen and oxygen atoms in total. The monoisotopic (exact) mass is 544 g/mol. The van der Waals surface area contributed by atoms with Crippen LogP contribution in [0.25, 0.3) is 0 Å². The molecule has 0 radical (unpaired) electrons. The lowest BCUT2D eigenvalue weighted by molar-refractivity contribution is 0.102. The minimum Gasteiger partial charge on any atom is -0.329 e. The van der Waals surface area contributed by atoms with Gasteiger partial charge in [-0.15, -0.1) is 0 Å². The van der Waals surface area contributed by atoms with Crippen LogP contribution in [0, 0.1) is 34.9 Å². The number of anilines is 1. The largest absolute Gasteiger partial charge is 0.329 e. The summed E-state index contributed by atoms with van der Waals surface area (Å²) in [6.45, 7) is -0.293. The predicted molar refractivity (Wildman–Crippen MR) is 119 cm³/mol. The number of pyridine rings is 1. The van der Waals surface area contributed by atoms with Gasteiger partial charge in [-0.05, 0) is 47.5 Å². The number of hydrogen-bond acceptors (Lipinski definition) is 3. The van der Waals surface area contributed by atoms with Crippen LogP contribution in [0.3, 0.4) is 0 Å². The topological polar surface area (TPSA) is 59.8 Å². The van der Waals surface area contributed by atoms with E-state index in [9.17, 15) is 31.1 Å². The Morgan fingerprint density at radius 1 is 0.833 bits per heavy atom. The van der Waals surface area contributed by atoms with E-state index in [1.165, 1.54) is 22.9 Å². The molecule has 1 N–H and O–H groups in total. The molecule has 0 saturated heterocycles. The summed E-state index contributed by atoms with van der Waals surface area (Å²) in [5, 5.41) is 2.45. The molecule has 0 atom stereocenters. The first-order chi connectivity index (χ1) is 17.0. The third-order valence-electron chi connectivity index (χ3n) is 4.96. The lowest BCUT2D eigenvalue weighted by Gasteiger charge is -2.09. The zero-order valence-corrected chi connectivity index (χ0v) is 19.2. The van der Waals surface area contributed by atoms with Crippen LogP contribution in [-0.2, 0) is 13.0 Å². The van der Waals surface area contributed by atoms with E-state index < -0.39 is 40.8 Å². The van der Waals surface area contributed by atoms with Crippen LogP contribution < -0.4 is 5.32 Å². The normalized spacial score (nSPS) is 11.1. The minimum absolute atomic E-state index is 0.0241. The summed E-state index contributed by atoms with van der Waals surface area (Å²) in [5.74, 6) is -9.80. The Bertz CT molecular complexity index is 1370. The van der Waals surface area contributed by atoms with Crippen molar-refractivity contribution in [1.82, 2.24) is 14.5 Å². The average Bonchev–Trinajstić information content (AvgIpc) is 3.19. The van der Waals surface area contributed by atoms with Crippen molar-refractivity contribution in [3.8, 4) is 0 Å². The fraction of sp³-hybridized carbons (Fsp3) is 0.0870. The van der Waals surface area contributed by atoms with Gasteiger partial charge in [0, 0.05) is 19.2 Å². The van der Waals surface area contributed by atoms with Gasteiger partial charge in [-0.2, -0.15) is 0 Å². The molecule has 0 unspecified atom stereocenters. The highest BCUT2D eigenvalue weighted by Crippen LogP contribution is 2.23. The maximum Gasteiger partial charge on any atom is 0.275 e. The number of benzene rings is 2. The maximum atomic E-state index is 13.7. The SMILES string of the molecule is O=C(Nc1ccc(Cl)nc1Cl)c1cn(Cc2cc(F)c(F)c(F)c2)c(Cc2cc(F)c(F)c(F)c2)n1. The van der Waals surface area contributed by atoms with Gasteiger partial charge in [0.2, 0.25) is 0 Å². The average molecular weight is 545 g/mol. The molecule has 0 aliphatic carbocycles. The second kappa shape index (κ2) is 10.2. The predicted octanol–water partition coefficient (Wildman–Crippen LogP) is 6.31. The standard InChI is InChI=1S/C23H12Cl2F6N4O/c24-18-2-1-16(22(25)34-18)33-23(36)17-9-35(8-11-5-14(28)21(31)15(29)6-11)19(32-17)7-10-3-12(26)20(30)13(27)4-10/h1-6,9H,7-8H2,(H,33,36). The van der Waals surface area contributed by atoms with Crippen molar-refractivity contribution in [1.29, 1.82) is 0 Å². The van der Waals surface area contributed by atoms with Crippen LogP contribution in [0.5, 0.6) is 0 Å². The Balaban J connectivity index is 1.70. The van der Waals surface area contributed by atoms with Gasteiger partial charge in [-0.3, -0.25) is 4.79 Å². The third-order valence-corrected chi connectivity index (χ3v) is 5.46. The highest BCUT2D eigenvalue weighted by molar-refractivity contribution is 6.34. The Hall–Kier alpha value is -3.57. The van der Waals surface area contributed by atoms with Gasteiger partial charge in [0.1, 0.15) is 16.7 Å². The van der Waals surface area contributed by atoms with Crippen LogP contribution >= 0.6 is 23.2 Å². The molecule has 2 aromatic heterocycles. The number of nitrogens with one attached hydrogen (secondary N) is 1. The number of imidazole rings is 1. The Kier molecular flexibility index (Phi) is 7.23. The first kappa shape index (κ1) is 25.5. The van der Waals surface area contributed by atoms with E-state index in [-0.39, 0.29) is 51.6 Å². The number of carbonyl (C=O) groups is 1. The fourth-order valence-electron chi connectivity index (χ4n) is 3.32. The molecule has 4 aromatic rings. The molecule has 0 bridgehead atoms. The fourth-order valence-corrected chi connectivity index (χ4v) is 3.71. The smallest absolute Gasteiger partial charge is 0.275 e. The van der Waals surface area contributed by atoms with Gasteiger partial charge >= 0.3 is 0 Å². The second-order valence-corrected chi connectivity index (χ2v) is 8.27. The molecule has 4 rings (SSSR count). The van der Waals surface area contributed by atoms with Crippen molar-refractivity contribution < 1.29 is 31.1 Å². The maximum absolute atomic E-state index is 13.7. The van der Waals surface area contributed by atoms with Gasteiger partial charge in [0.25, 0.3) is 5.91 Å². The molecule has 36 heavy (non-hydrogen) atoms. The molecule has 0 aliphatic rings. The summed E-state index contributed by atoms with van der Waals surface area (Å²) in [6.07, 6.45) is 0.911. The van der Waals surface area contributed by atoms with Crippen molar-refractivity contribution in [2.45, 2.75) is 13.0 Å². The number of nitrogens with zero attached hydrogens (tertiary/aromatic N) is 3. The van der Waals surface area contributed by atoms with E-state index in [2.05, 4.69) is 15.3 Å². The van der Waals surface area contributed by atoms with Crippen molar-refractivity contribution in [2.75, 3.05) is 5.32 Å². The van der Waals surface area contributed by atoms with Gasteiger partial charge < -0.3 is 9.88 Å². The second-order valence-electron chi connectivity index (χ2n) is 7.52. The van der Waals surface area contributed by atoms with Crippen LogP contribution in [0.1, 0.15) is 27.4 Å². The van der Waals surface area contributed by atoms with Crippen molar-refractivity contribution in [3.63, 3.8) is 0 Å². The van der Waals surface area contributed by atoms with Crippen LogP contribution in [0.4, 0.5) is 32.0 Å². The summed E-state index contributed by atoms with van der Waals surface area (Å²) >= 11 is 11.7. The van der Waals surface area contributed by atoms with Gasteiger partial charge in [0.15, 0.2) is 40.1 Å². The summed E-state index contributed by atoms with van der Waals surface area (Å²) in [4.78, 5) is 20.7. The van der Waals surface area contributed by atoms with Crippen LogP contribution in [0.2, 0.25) is 10.3 Å². The van der Waals surface area contributed by atoms with Crippen LogP contribution in [-0.4, -0.2) is 20.4 Å². The molecule has 13 heteroatoms. The molecule has 0 saturated carbocycles. The first-order valence-electron chi connectivity index (χ1n) is 9.98. The lowest BCUT2D eigenvalue weighted by atomic mass is 10.1. The molecular formula is C23H12Cl2F6N4O. The Morgan fingerprint density at radius 2 is 1.39 bits per heavy atom. The first-order valence-corrected chi connectivity index (χ1v) is 10.7. The summed E-state index contributed by atoms with van der Waals surface area (Å²) in [7, 11) is 0. The zero-order chi connectivity index (χ0) is 26.1. The summed E-state index contributed by atoms with van der Waals surface area (Å²) < 4.78 is 82.8. The van der Waals surface area contributed by atoms with Crippen molar-refractivity contribution in [3.05, 3.63) is 110 Å². The summed E-state index contributed by atoms with van der Waals surface area (Å²) in [6, 6.07) is 5.75. The van der Waals surface area contributed by atoms with E-state index in [4.69, 9.17) is 23.2 Å². The van der Waals surface area contributed by atoms with Gasteiger partial charge in [0.05, 0.1) is 5.69 Å². The van der Waals surface area contributed by atoms with E-state index in [1.54, 1.807) is 0 Å². The molecule has 0 fully saturated rings. The van der Waals surface area contributed by atoms with Crippen LogP contribution in [0.15, 0.2) is 42.6 Å². The molecule has 2 heterocycles. The molecule has 186 valence electrons. The zero-order valence-electron chi connectivity index (χ0n) is 17.7. The molecule has 0 spiro atoms. The lowest BCUT2D eigenvalue weighted by Crippen LogP contribution is -2.13. The highest BCUT2D eigenvalue weighted by Gasteiger charge is 2.19. The van der Waals surface area contributed by atoms with E-state index in [0.29, 0.717) is 0 Å². The number of aromatic nitrogens is 3. The number of amides is 1. The molecule has 0 aliphatic heterocycles. The van der Waals surface area contributed by atoms with Gasteiger partial charge in [-0.1, -0.05) is 23.2 Å². The Labute approximate surface area is 209 Å². The Morgan fingerprint density at radius 3 is 1.94 bits per heavy atom. The number of halogens is 8. The van der Waals surface area contributed by atoms with Crippen molar-refractivity contribution in [2.24, 2.45) is 0 Å². The molecule has 2 aromatic carbocycles. The van der Waals surface area contributed by atoms with Gasteiger partial charge in [-0.25, -0.2) is 36.3 Å². The van der Waals surface area contributed by atoms with E-state index >= 15 is 0 Å². The summed E-state index contributed by atoms with van der Waals surface area (Å²) in [5.41, 5.74) is -0.167. The van der Waals surface area contributed by atoms with E-state index in [0.717, 1.165) is 24.3 Å². The van der Waals surface area contributed by atoms with E-state index in [1.807, 2.05) is 0 Å². The van der Waals surface area contributed by atoms with Crippen molar-refractivity contribution >= 4 is 34.8 Å². The molecular weight excluding hydrogens is 533 g/mol. The minimum atomic E-state index is -1.66. The highest BCUT2D eigenvalue weighted by atomic mass is 35.5. The number of hydrogen-bond donors (Lipinski definition) is 1. The number of rotatable bonds is 6. The molecule has 1 amide bonds.